The summed E-state index contributed by atoms with van der Waals surface area (Å²) in [4.78, 5) is 14.5. The van der Waals surface area contributed by atoms with Crippen LogP contribution in [0.2, 0.25) is 0 Å². The van der Waals surface area contributed by atoms with Crippen LogP contribution in [-0.2, 0) is 11.3 Å². The second-order valence-electron chi connectivity index (χ2n) is 6.39. The maximum absolute atomic E-state index is 12.5. The van der Waals surface area contributed by atoms with Crippen LogP contribution in [0.5, 0.6) is 5.75 Å². The Labute approximate surface area is 147 Å². The third kappa shape index (κ3) is 5.21. The molecule has 1 aliphatic carbocycles. The number of rotatable bonds is 6. The van der Waals surface area contributed by atoms with Gasteiger partial charge in [0.15, 0.2) is 0 Å². The van der Waals surface area contributed by atoms with Gasteiger partial charge in [-0.05, 0) is 45.0 Å². The van der Waals surface area contributed by atoms with Crippen LogP contribution in [0.1, 0.15) is 44.6 Å². The molecule has 23 heavy (non-hydrogen) atoms. The number of nitrogens with zero attached hydrogens (tertiary/aromatic N) is 1. The molecule has 1 aromatic rings. The lowest BCUT2D eigenvalue weighted by molar-refractivity contribution is -0.126. The number of methoxy groups -OCH3 is 1. The van der Waals surface area contributed by atoms with Gasteiger partial charge in [0, 0.05) is 22.6 Å². The van der Waals surface area contributed by atoms with Crippen molar-refractivity contribution in [3.63, 3.8) is 0 Å². The Hall–Kier alpha value is -1.07. The Bertz CT molecular complexity index is 530. The van der Waals surface area contributed by atoms with E-state index in [4.69, 9.17) is 4.74 Å². The van der Waals surface area contributed by atoms with Gasteiger partial charge in [0.05, 0.1) is 13.2 Å². The van der Waals surface area contributed by atoms with Gasteiger partial charge in [-0.15, -0.1) is 0 Å². The van der Waals surface area contributed by atoms with Crippen LogP contribution in [-0.4, -0.2) is 37.0 Å². The normalized spacial score (nSPS) is 17.1. The molecule has 0 aromatic heterocycles. The standard InChI is InChI=1S/C18H27BrN2O2/c1-13(18(22)20-16-7-5-4-6-8-16)21(2)12-14-11-15(19)9-10-17(14)23-3/h9-11,13,16H,4-8,12H2,1-3H3,(H,20,22)/t13-/m1/s1. The van der Waals surface area contributed by atoms with Crippen molar-refractivity contribution in [2.24, 2.45) is 0 Å². The summed E-state index contributed by atoms with van der Waals surface area (Å²) in [5, 5.41) is 3.20. The molecule has 0 heterocycles. The van der Waals surface area contributed by atoms with Gasteiger partial charge in [-0.1, -0.05) is 35.2 Å². The zero-order chi connectivity index (χ0) is 16.8. The fourth-order valence-corrected chi connectivity index (χ4v) is 3.45. The van der Waals surface area contributed by atoms with Crippen LogP contribution in [0.4, 0.5) is 0 Å². The van der Waals surface area contributed by atoms with E-state index in [0.29, 0.717) is 12.6 Å². The molecule has 0 aliphatic heterocycles. The number of amides is 1. The minimum Gasteiger partial charge on any atom is -0.496 e. The fraction of sp³-hybridized carbons (Fsp3) is 0.611. The average Bonchev–Trinajstić information content (AvgIpc) is 2.55. The Kier molecular flexibility index (Phi) is 6.90. The Morgan fingerprint density at radius 2 is 2.09 bits per heavy atom. The molecule has 0 spiro atoms. The lowest BCUT2D eigenvalue weighted by Gasteiger charge is -2.28. The SMILES string of the molecule is COc1ccc(Br)cc1CN(C)[C@H](C)C(=O)NC1CCCCC1. The summed E-state index contributed by atoms with van der Waals surface area (Å²) < 4.78 is 6.43. The molecule has 1 saturated carbocycles. The van der Waals surface area contributed by atoms with Gasteiger partial charge < -0.3 is 10.1 Å². The molecule has 5 heteroatoms. The molecule has 1 amide bonds. The van der Waals surface area contributed by atoms with E-state index in [1.807, 2.05) is 32.2 Å². The molecular weight excluding hydrogens is 356 g/mol. The molecule has 128 valence electrons. The van der Waals surface area contributed by atoms with Crippen LogP contribution >= 0.6 is 15.9 Å². The number of hydrogen-bond acceptors (Lipinski definition) is 3. The molecule has 4 nitrogen and oxygen atoms in total. The zero-order valence-corrected chi connectivity index (χ0v) is 15.9. The van der Waals surface area contributed by atoms with E-state index >= 15 is 0 Å². The van der Waals surface area contributed by atoms with E-state index in [1.165, 1.54) is 19.3 Å². The maximum Gasteiger partial charge on any atom is 0.237 e. The van der Waals surface area contributed by atoms with Crippen molar-refractivity contribution in [3.05, 3.63) is 28.2 Å². The summed E-state index contributed by atoms with van der Waals surface area (Å²) in [5.74, 6) is 0.966. The van der Waals surface area contributed by atoms with Crippen molar-refractivity contribution in [1.82, 2.24) is 10.2 Å². The second kappa shape index (κ2) is 8.69. The first-order valence-corrected chi connectivity index (χ1v) is 9.13. The van der Waals surface area contributed by atoms with Gasteiger partial charge in [0.25, 0.3) is 0 Å². The van der Waals surface area contributed by atoms with Crippen LogP contribution in [0.3, 0.4) is 0 Å². The molecule has 1 fully saturated rings. The number of halogens is 1. The predicted molar refractivity (Wildman–Crippen MR) is 96.6 cm³/mol. The molecule has 2 rings (SSSR count). The van der Waals surface area contributed by atoms with Crippen molar-refractivity contribution >= 4 is 21.8 Å². The summed E-state index contributed by atoms with van der Waals surface area (Å²) in [7, 11) is 3.65. The Morgan fingerprint density at radius 1 is 1.39 bits per heavy atom. The van der Waals surface area contributed by atoms with Crippen LogP contribution < -0.4 is 10.1 Å². The minimum absolute atomic E-state index is 0.119. The monoisotopic (exact) mass is 382 g/mol. The van der Waals surface area contributed by atoms with Crippen molar-refractivity contribution in [1.29, 1.82) is 0 Å². The van der Waals surface area contributed by atoms with Gasteiger partial charge in [-0.3, -0.25) is 9.69 Å². The van der Waals surface area contributed by atoms with E-state index in [0.717, 1.165) is 28.6 Å². The first-order chi connectivity index (χ1) is 11.0. The maximum atomic E-state index is 12.5. The van der Waals surface area contributed by atoms with E-state index < -0.39 is 0 Å². The molecule has 1 aromatic carbocycles. The molecule has 1 aliphatic rings. The number of benzene rings is 1. The van der Waals surface area contributed by atoms with Gasteiger partial charge in [0.2, 0.25) is 5.91 Å². The van der Waals surface area contributed by atoms with Crippen molar-refractivity contribution < 1.29 is 9.53 Å². The van der Waals surface area contributed by atoms with Crippen molar-refractivity contribution in [3.8, 4) is 5.75 Å². The summed E-state index contributed by atoms with van der Waals surface area (Å²) in [6, 6.07) is 6.14. The number of carbonyl (C=O) groups excluding carboxylic acids is 1. The lowest BCUT2D eigenvalue weighted by Crippen LogP contribution is -2.47. The highest BCUT2D eigenvalue weighted by molar-refractivity contribution is 9.10. The highest BCUT2D eigenvalue weighted by atomic mass is 79.9. The van der Waals surface area contributed by atoms with E-state index in [9.17, 15) is 4.79 Å². The molecule has 0 bridgehead atoms. The number of hydrogen-bond donors (Lipinski definition) is 1. The first-order valence-electron chi connectivity index (χ1n) is 8.34. The summed E-state index contributed by atoms with van der Waals surface area (Å²) in [6.45, 7) is 2.63. The van der Waals surface area contributed by atoms with Crippen LogP contribution in [0.15, 0.2) is 22.7 Å². The number of ether oxygens (including phenoxy) is 1. The third-order valence-electron chi connectivity index (χ3n) is 4.65. The van der Waals surface area contributed by atoms with Crippen LogP contribution in [0.25, 0.3) is 0 Å². The molecule has 0 saturated heterocycles. The van der Waals surface area contributed by atoms with Crippen molar-refractivity contribution in [2.45, 2.75) is 57.7 Å². The molecule has 1 atom stereocenters. The average molecular weight is 383 g/mol. The van der Waals surface area contributed by atoms with Gasteiger partial charge in [-0.25, -0.2) is 0 Å². The zero-order valence-electron chi connectivity index (χ0n) is 14.3. The predicted octanol–water partition coefficient (Wildman–Crippen LogP) is 3.73. The first kappa shape index (κ1) is 18.3. The van der Waals surface area contributed by atoms with E-state index in [-0.39, 0.29) is 11.9 Å². The van der Waals surface area contributed by atoms with Gasteiger partial charge in [0.1, 0.15) is 5.75 Å². The highest BCUT2D eigenvalue weighted by Crippen LogP contribution is 2.24. The number of carbonyl (C=O) groups is 1. The second-order valence-corrected chi connectivity index (χ2v) is 7.31. The molecule has 1 N–H and O–H groups in total. The quantitative estimate of drug-likeness (QED) is 0.814. The summed E-state index contributed by atoms with van der Waals surface area (Å²) >= 11 is 3.49. The summed E-state index contributed by atoms with van der Waals surface area (Å²) in [5.41, 5.74) is 1.07. The third-order valence-corrected chi connectivity index (χ3v) is 5.15. The van der Waals surface area contributed by atoms with Crippen molar-refractivity contribution in [2.75, 3.05) is 14.2 Å². The lowest BCUT2D eigenvalue weighted by atomic mass is 9.95. The Morgan fingerprint density at radius 3 is 2.74 bits per heavy atom. The smallest absolute Gasteiger partial charge is 0.237 e. The fourth-order valence-electron chi connectivity index (χ4n) is 3.05. The largest absolute Gasteiger partial charge is 0.496 e. The van der Waals surface area contributed by atoms with Gasteiger partial charge in [-0.2, -0.15) is 0 Å². The molecular formula is C18H27BrN2O2. The highest BCUT2D eigenvalue weighted by Gasteiger charge is 2.23. The van der Waals surface area contributed by atoms with Crippen LogP contribution in [0, 0.1) is 0 Å². The van der Waals surface area contributed by atoms with Gasteiger partial charge >= 0.3 is 0 Å². The number of likely N-dealkylation sites (N-methyl/N-ethyl adjacent to an activating group) is 1. The summed E-state index contributed by atoms with van der Waals surface area (Å²) in [6.07, 6.45) is 5.97. The topological polar surface area (TPSA) is 41.6 Å². The number of nitrogens with one attached hydrogen (secondary N) is 1. The van der Waals surface area contributed by atoms with E-state index in [2.05, 4.69) is 26.1 Å². The minimum atomic E-state index is -0.166. The molecule has 0 radical (unpaired) electrons. The van der Waals surface area contributed by atoms with E-state index in [1.54, 1.807) is 7.11 Å². The molecule has 0 unspecified atom stereocenters. The Balaban J connectivity index is 1.94.